The van der Waals surface area contributed by atoms with Gasteiger partial charge in [0.25, 0.3) is 0 Å². The zero-order valence-corrected chi connectivity index (χ0v) is 15.7. The van der Waals surface area contributed by atoms with Crippen LogP contribution in [0.5, 0.6) is 0 Å². The number of hydrogen-bond acceptors (Lipinski definition) is 3. The standard InChI is InChI=1S/C20H21ClN4O2/c1-14-19(23-24-20(27)22-14)16-7-9-17(10-8-16)25(18(26)11-12-21)13-15-5-3-2-4-6-15/h2-10,14H,11-13H2,1H3,(H2,22,24,27). The van der Waals surface area contributed by atoms with Crippen LogP contribution in [0, 0.1) is 0 Å². The number of amides is 3. The molecule has 0 bridgehead atoms. The van der Waals surface area contributed by atoms with Gasteiger partial charge >= 0.3 is 6.03 Å². The van der Waals surface area contributed by atoms with Crippen LogP contribution in [0.15, 0.2) is 59.7 Å². The molecule has 3 rings (SSSR count). The molecule has 1 heterocycles. The Labute approximate surface area is 163 Å². The summed E-state index contributed by atoms with van der Waals surface area (Å²) in [6.45, 7) is 2.35. The molecule has 0 fully saturated rings. The first-order chi connectivity index (χ1) is 13.1. The number of rotatable bonds is 6. The van der Waals surface area contributed by atoms with Crippen molar-refractivity contribution in [1.29, 1.82) is 0 Å². The van der Waals surface area contributed by atoms with Gasteiger partial charge in [-0.25, -0.2) is 10.2 Å². The fraction of sp³-hybridized carbons (Fsp3) is 0.250. The van der Waals surface area contributed by atoms with Crippen molar-refractivity contribution in [2.75, 3.05) is 10.8 Å². The van der Waals surface area contributed by atoms with Crippen LogP contribution in [0.3, 0.4) is 0 Å². The maximum Gasteiger partial charge on any atom is 0.335 e. The number of anilines is 1. The highest BCUT2D eigenvalue weighted by molar-refractivity contribution is 6.19. The molecule has 3 amide bonds. The Kier molecular flexibility index (Phi) is 6.08. The van der Waals surface area contributed by atoms with Crippen LogP contribution < -0.4 is 15.6 Å². The van der Waals surface area contributed by atoms with Gasteiger partial charge in [-0.3, -0.25) is 4.79 Å². The van der Waals surface area contributed by atoms with Crippen LogP contribution in [0.2, 0.25) is 0 Å². The first-order valence-corrected chi connectivity index (χ1v) is 9.26. The van der Waals surface area contributed by atoms with Crippen LogP contribution in [-0.2, 0) is 11.3 Å². The van der Waals surface area contributed by atoms with Crippen LogP contribution in [0.4, 0.5) is 10.5 Å². The average molecular weight is 385 g/mol. The lowest BCUT2D eigenvalue weighted by Crippen LogP contribution is -2.48. The maximum absolute atomic E-state index is 12.6. The fourth-order valence-electron chi connectivity index (χ4n) is 2.94. The van der Waals surface area contributed by atoms with Crippen LogP contribution >= 0.6 is 11.6 Å². The number of urea groups is 1. The number of nitrogens with zero attached hydrogens (tertiary/aromatic N) is 2. The van der Waals surface area contributed by atoms with E-state index in [9.17, 15) is 9.59 Å². The van der Waals surface area contributed by atoms with Crippen molar-refractivity contribution in [2.24, 2.45) is 5.10 Å². The Bertz CT molecular complexity index is 837. The van der Waals surface area contributed by atoms with E-state index in [2.05, 4.69) is 15.8 Å². The molecule has 2 N–H and O–H groups in total. The summed E-state index contributed by atoms with van der Waals surface area (Å²) in [6, 6.07) is 16.9. The topological polar surface area (TPSA) is 73.8 Å². The molecule has 6 nitrogen and oxygen atoms in total. The minimum Gasteiger partial charge on any atom is -0.328 e. The molecular weight excluding hydrogens is 364 g/mol. The average Bonchev–Trinajstić information content (AvgIpc) is 2.67. The SMILES string of the molecule is CC1NC(=O)NN=C1c1ccc(N(Cc2ccccc2)C(=O)CCCl)cc1. The second-order valence-electron chi connectivity index (χ2n) is 6.26. The van der Waals surface area contributed by atoms with E-state index in [1.54, 1.807) is 4.90 Å². The number of hydrogen-bond donors (Lipinski definition) is 2. The highest BCUT2D eigenvalue weighted by Gasteiger charge is 2.21. The van der Waals surface area contributed by atoms with E-state index in [0.717, 1.165) is 22.5 Å². The molecular formula is C20H21ClN4O2. The molecule has 1 aliphatic rings. The number of halogens is 1. The lowest BCUT2D eigenvalue weighted by Gasteiger charge is -2.24. The molecule has 0 aromatic heterocycles. The summed E-state index contributed by atoms with van der Waals surface area (Å²) >= 11 is 5.78. The van der Waals surface area contributed by atoms with Crippen LogP contribution in [0.25, 0.3) is 0 Å². The summed E-state index contributed by atoms with van der Waals surface area (Å²) in [7, 11) is 0. The van der Waals surface area contributed by atoms with Crippen molar-refractivity contribution in [3.63, 3.8) is 0 Å². The molecule has 2 aromatic carbocycles. The second kappa shape index (κ2) is 8.68. The van der Waals surface area contributed by atoms with Gasteiger partial charge in [0, 0.05) is 23.6 Å². The summed E-state index contributed by atoms with van der Waals surface area (Å²) in [4.78, 5) is 25.6. The Morgan fingerprint density at radius 3 is 2.48 bits per heavy atom. The lowest BCUT2D eigenvalue weighted by atomic mass is 10.0. The minimum absolute atomic E-state index is 0.0288. The van der Waals surface area contributed by atoms with E-state index in [-0.39, 0.29) is 30.3 Å². The minimum atomic E-state index is -0.316. The largest absolute Gasteiger partial charge is 0.335 e. The molecule has 0 spiro atoms. The molecule has 0 radical (unpaired) electrons. The summed E-state index contributed by atoms with van der Waals surface area (Å²) in [5.74, 6) is 0.251. The van der Waals surface area contributed by atoms with Gasteiger partial charge in [0.1, 0.15) is 0 Å². The first kappa shape index (κ1) is 18.9. The number of benzene rings is 2. The zero-order chi connectivity index (χ0) is 19.2. The maximum atomic E-state index is 12.6. The van der Waals surface area contributed by atoms with Gasteiger partial charge in [0.2, 0.25) is 5.91 Å². The molecule has 0 saturated heterocycles. The summed E-state index contributed by atoms with van der Waals surface area (Å²) < 4.78 is 0. The van der Waals surface area contributed by atoms with Gasteiger partial charge in [-0.05, 0) is 24.6 Å². The van der Waals surface area contributed by atoms with Gasteiger partial charge in [0.05, 0.1) is 18.3 Å². The van der Waals surface area contributed by atoms with Crippen LogP contribution in [0.1, 0.15) is 24.5 Å². The van der Waals surface area contributed by atoms with Crippen molar-refractivity contribution < 1.29 is 9.59 Å². The predicted octanol–water partition coefficient (Wildman–Crippen LogP) is 3.25. The number of alkyl halides is 1. The number of carbonyl (C=O) groups excluding carboxylic acids is 2. The molecule has 2 aromatic rings. The third-order valence-corrected chi connectivity index (χ3v) is 4.49. The van der Waals surface area contributed by atoms with Gasteiger partial charge in [-0.15, -0.1) is 11.6 Å². The predicted molar refractivity (Wildman–Crippen MR) is 107 cm³/mol. The monoisotopic (exact) mass is 384 g/mol. The fourth-order valence-corrected chi connectivity index (χ4v) is 3.10. The molecule has 0 saturated carbocycles. The lowest BCUT2D eigenvalue weighted by molar-refractivity contribution is -0.118. The van der Waals surface area contributed by atoms with Crippen molar-refractivity contribution in [2.45, 2.75) is 25.9 Å². The molecule has 1 atom stereocenters. The van der Waals surface area contributed by atoms with E-state index in [4.69, 9.17) is 11.6 Å². The van der Waals surface area contributed by atoms with Crippen molar-refractivity contribution in [1.82, 2.24) is 10.7 Å². The van der Waals surface area contributed by atoms with Crippen molar-refractivity contribution in [3.8, 4) is 0 Å². The molecule has 27 heavy (non-hydrogen) atoms. The quantitative estimate of drug-likeness (QED) is 0.750. The number of carbonyl (C=O) groups is 2. The van der Waals surface area contributed by atoms with Gasteiger partial charge in [0.15, 0.2) is 0 Å². The Hall–Kier alpha value is -2.86. The summed E-state index contributed by atoms with van der Waals surface area (Å²) in [5, 5.41) is 6.90. The third-order valence-electron chi connectivity index (χ3n) is 4.30. The van der Waals surface area contributed by atoms with Crippen molar-refractivity contribution in [3.05, 3.63) is 65.7 Å². The van der Waals surface area contributed by atoms with E-state index in [0.29, 0.717) is 6.54 Å². The van der Waals surface area contributed by atoms with E-state index < -0.39 is 0 Å². The van der Waals surface area contributed by atoms with Gasteiger partial charge in [-0.1, -0.05) is 42.5 Å². The Morgan fingerprint density at radius 1 is 1.15 bits per heavy atom. The summed E-state index contributed by atoms with van der Waals surface area (Å²) in [6.07, 6.45) is 0.274. The summed E-state index contributed by atoms with van der Waals surface area (Å²) in [5.41, 5.74) is 5.88. The molecule has 140 valence electrons. The molecule has 1 unspecified atom stereocenters. The zero-order valence-electron chi connectivity index (χ0n) is 15.0. The highest BCUT2D eigenvalue weighted by atomic mass is 35.5. The normalized spacial score (nSPS) is 16.1. The molecule has 0 aliphatic carbocycles. The third kappa shape index (κ3) is 4.65. The number of nitrogens with one attached hydrogen (secondary N) is 2. The Balaban J connectivity index is 1.84. The first-order valence-electron chi connectivity index (χ1n) is 8.73. The smallest absolute Gasteiger partial charge is 0.328 e. The van der Waals surface area contributed by atoms with Crippen molar-refractivity contribution >= 4 is 34.9 Å². The highest BCUT2D eigenvalue weighted by Crippen LogP contribution is 2.21. The molecule has 7 heteroatoms. The molecule has 1 aliphatic heterocycles. The van der Waals surface area contributed by atoms with E-state index in [1.165, 1.54) is 0 Å². The number of hydrazone groups is 1. The van der Waals surface area contributed by atoms with Crippen LogP contribution in [-0.4, -0.2) is 29.6 Å². The van der Waals surface area contributed by atoms with Gasteiger partial charge < -0.3 is 10.2 Å². The second-order valence-corrected chi connectivity index (χ2v) is 6.63. The van der Waals surface area contributed by atoms with E-state index >= 15 is 0 Å². The van der Waals surface area contributed by atoms with E-state index in [1.807, 2.05) is 61.5 Å². The Morgan fingerprint density at radius 2 is 1.85 bits per heavy atom. The van der Waals surface area contributed by atoms with Gasteiger partial charge in [-0.2, -0.15) is 5.10 Å².